The van der Waals surface area contributed by atoms with Crippen molar-refractivity contribution in [2.75, 3.05) is 33.3 Å². The zero-order chi connectivity index (χ0) is 22.7. The first kappa shape index (κ1) is 21.5. The molecule has 0 aliphatic carbocycles. The number of piperazine rings is 1. The topological polar surface area (TPSA) is 91.5 Å². The number of amides is 1. The van der Waals surface area contributed by atoms with E-state index < -0.39 is 0 Å². The second kappa shape index (κ2) is 9.20. The molecule has 0 radical (unpaired) electrons. The summed E-state index contributed by atoms with van der Waals surface area (Å²) in [5.41, 5.74) is 1.35. The second-order valence-electron chi connectivity index (χ2n) is 7.82. The van der Waals surface area contributed by atoms with Crippen LogP contribution in [0.25, 0.3) is 10.8 Å². The van der Waals surface area contributed by atoms with Crippen LogP contribution in [-0.4, -0.2) is 58.8 Å². The normalized spacial score (nSPS) is 15.3. The van der Waals surface area contributed by atoms with Crippen molar-refractivity contribution >= 4 is 16.7 Å². The van der Waals surface area contributed by atoms with E-state index in [-0.39, 0.29) is 24.1 Å². The van der Waals surface area contributed by atoms with Crippen LogP contribution >= 0.6 is 0 Å². The molecule has 0 bridgehead atoms. The molecule has 2 aromatic carbocycles. The monoisotopic (exact) mass is 431 g/mol. The predicted molar refractivity (Wildman–Crippen MR) is 120 cm³/mol. The first-order valence-corrected chi connectivity index (χ1v) is 10.5. The van der Waals surface area contributed by atoms with E-state index in [4.69, 9.17) is 4.74 Å². The average molecular weight is 431 g/mol. The van der Waals surface area contributed by atoms with Crippen LogP contribution in [0.4, 0.5) is 0 Å². The van der Waals surface area contributed by atoms with Gasteiger partial charge in [-0.2, -0.15) is 10.4 Å². The van der Waals surface area contributed by atoms with E-state index in [0.717, 1.165) is 16.7 Å². The van der Waals surface area contributed by atoms with Gasteiger partial charge in [-0.05, 0) is 30.7 Å². The first-order valence-electron chi connectivity index (χ1n) is 10.5. The van der Waals surface area contributed by atoms with Gasteiger partial charge < -0.3 is 9.64 Å². The number of aromatic nitrogens is 2. The van der Waals surface area contributed by atoms with Crippen molar-refractivity contribution in [3.8, 4) is 11.8 Å². The van der Waals surface area contributed by atoms with Gasteiger partial charge in [0, 0.05) is 31.6 Å². The summed E-state index contributed by atoms with van der Waals surface area (Å²) in [4.78, 5) is 29.4. The van der Waals surface area contributed by atoms with Gasteiger partial charge in [0.25, 0.3) is 5.56 Å². The molecule has 0 spiro atoms. The molecule has 0 N–H and O–H groups in total. The highest BCUT2D eigenvalue weighted by Gasteiger charge is 2.27. The number of rotatable bonds is 5. The van der Waals surface area contributed by atoms with E-state index in [1.165, 1.54) is 4.68 Å². The number of hydrogen-bond donors (Lipinski definition) is 0. The largest absolute Gasteiger partial charge is 0.497 e. The maximum atomic E-state index is 12.9. The summed E-state index contributed by atoms with van der Waals surface area (Å²) in [5, 5.41) is 15.4. The van der Waals surface area contributed by atoms with Crippen molar-refractivity contribution in [2.24, 2.45) is 0 Å². The number of ether oxygens (including phenoxy) is 1. The van der Waals surface area contributed by atoms with Crippen LogP contribution in [0.2, 0.25) is 0 Å². The van der Waals surface area contributed by atoms with E-state index in [2.05, 4.69) is 16.1 Å². The number of carbonyl (C=O) groups is 1. The summed E-state index contributed by atoms with van der Waals surface area (Å²) in [6.45, 7) is 3.89. The Kier molecular flexibility index (Phi) is 6.19. The number of nitrogens with zero attached hydrogens (tertiary/aromatic N) is 5. The van der Waals surface area contributed by atoms with Gasteiger partial charge in [0.1, 0.15) is 18.3 Å². The maximum Gasteiger partial charge on any atom is 0.275 e. The minimum Gasteiger partial charge on any atom is -0.497 e. The Hall–Kier alpha value is -3.70. The molecule has 3 aromatic rings. The van der Waals surface area contributed by atoms with Gasteiger partial charge in [-0.3, -0.25) is 14.5 Å². The average Bonchev–Trinajstić information content (AvgIpc) is 2.83. The highest BCUT2D eigenvalue weighted by atomic mass is 16.5. The number of fused-ring (bicyclic) bond motifs is 1. The first-order chi connectivity index (χ1) is 15.5. The zero-order valence-electron chi connectivity index (χ0n) is 18.2. The fraction of sp³-hybridized carbons (Fsp3) is 0.333. The van der Waals surface area contributed by atoms with Gasteiger partial charge in [0.05, 0.1) is 24.3 Å². The molecular weight excluding hydrogens is 406 g/mol. The molecule has 1 aliphatic rings. The van der Waals surface area contributed by atoms with Gasteiger partial charge >= 0.3 is 0 Å². The third kappa shape index (κ3) is 4.20. The van der Waals surface area contributed by atoms with E-state index in [9.17, 15) is 14.9 Å². The highest BCUT2D eigenvalue weighted by Crippen LogP contribution is 2.24. The van der Waals surface area contributed by atoms with Crippen LogP contribution in [0.5, 0.6) is 5.75 Å². The predicted octanol–water partition coefficient (Wildman–Crippen LogP) is 2.12. The Balaban J connectivity index is 1.42. The van der Waals surface area contributed by atoms with Crippen molar-refractivity contribution in [2.45, 2.75) is 19.5 Å². The number of carbonyl (C=O) groups excluding carboxylic acids is 1. The second-order valence-corrected chi connectivity index (χ2v) is 7.82. The molecule has 1 atom stereocenters. The number of benzene rings is 2. The fourth-order valence-electron chi connectivity index (χ4n) is 4.12. The van der Waals surface area contributed by atoms with Crippen molar-refractivity contribution in [3.63, 3.8) is 0 Å². The third-order valence-electron chi connectivity index (χ3n) is 5.92. The SMILES string of the molecule is COc1ccc(C(C#N)N2CCN(C(=O)Cn3nc(C)c4ccccc4c3=O)CC2)cc1. The van der Waals surface area contributed by atoms with Gasteiger partial charge in [-0.25, -0.2) is 4.68 Å². The molecule has 2 heterocycles. The van der Waals surface area contributed by atoms with Crippen LogP contribution in [-0.2, 0) is 11.3 Å². The lowest BCUT2D eigenvalue weighted by molar-refractivity contribution is -0.134. The molecule has 8 heteroatoms. The highest BCUT2D eigenvalue weighted by molar-refractivity contribution is 5.83. The van der Waals surface area contributed by atoms with Crippen LogP contribution in [0.3, 0.4) is 0 Å². The molecule has 1 saturated heterocycles. The van der Waals surface area contributed by atoms with Crippen LogP contribution in [0.15, 0.2) is 53.3 Å². The lowest BCUT2D eigenvalue weighted by Crippen LogP contribution is -2.50. The van der Waals surface area contributed by atoms with Crippen molar-refractivity contribution < 1.29 is 9.53 Å². The summed E-state index contributed by atoms with van der Waals surface area (Å²) in [7, 11) is 1.61. The molecule has 164 valence electrons. The molecule has 0 saturated carbocycles. The van der Waals surface area contributed by atoms with Gasteiger partial charge in [-0.1, -0.05) is 30.3 Å². The quantitative estimate of drug-likeness (QED) is 0.615. The number of methoxy groups -OCH3 is 1. The summed E-state index contributed by atoms with van der Waals surface area (Å²) in [6, 6.07) is 16.7. The van der Waals surface area contributed by atoms with E-state index in [0.29, 0.717) is 37.3 Å². The molecule has 8 nitrogen and oxygen atoms in total. The standard InChI is InChI=1S/C24H25N5O3/c1-17-20-5-3-4-6-21(20)24(31)29(26-17)16-23(30)28-13-11-27(12-14-28)22(15-25)18-7-9-19(32-2)10-8-18/h3-10,22H,11-14,16H2,1-2H3. The van der Waals surface area contributed by atoms with E-state index in [1.807, 2.05) is 49.4 Å². The minimum atomic E-state index is -0.384. The molecule has 1 aromatic heterocycles. The van der Waals surface area contributed by atoms with Gasteiger partial charge in [0.2, 0.25) is 5.91 Å². The Morgan fingerprint density at radius 1 is 1.09 bits per heavy atom. The summed E-state index contributed by atoms with van der Waals surface area (Å²) < 4.78 is 6.44. The van der Waals surface area contributed by atoms with Crippen LogP contribution in [0.1, 0.15) is 17.3 Å². The van der Waals surface area contributed by atoms with E-state index >= 15 is 0 Å². The molecule has 32 heavy (non-hydrogen) atoms. The van der Waals surface area contributed by atoms with Gasteiger partial charge in [-0.15, -0.1) is 0 Å². The fourth-order valence-corrected chi connectivity index (χ4v) is 4.12. The smallest absolute Gasteiger partial charge is 0.275 e. The third-order valence-corrected chi connectivity index (χ3v) is 5.92. The summed E-state index contributed by atoms with van der Waals surface area (Å²) >= 11 is 0. The maximum absolute atomic E-state index is 12.9. The van der Waals surface area contributed by atoms with Crippen molar-refractivity contribution in [1.82, 2.24) is 19.6 Å². The van der Waals surface area contributed by atoms with Gasteiger partial charge in [0.15, 0.2) is 0 Å². The van der Waals surface area contributed by atoms with Crippen LogP contribution in [0, 0.1) is 18.3 Å². The Labute approximate surface area is 186 Å². The molecule has 4 rings (SSSR count). The lowest BCUT2D eigenvalue weighted by Gasteiger charge is -2.37. The summed E-state index contributed by atoms with van der Waals surface area (Å²) in [5.74, 6) is 0.598. The molecular formula is C24H25N5O3. The number of hydrogen-bond acceptors (Lipinski definition) is 6. The Bertz CT molecular complexity index is 1220. The van der Waals surface area contributed by atoms with Crippen molar-refractivity contribution in [3.05, 3.63) is 70.1 Å². The molecule has 1 amide bonds. The lowest BCUT2D eigenvalue weighted by atomic mass is 10.1. The van der Waals surface area contributed by atoms with Crippen molar-refractivity contribution in [1.29, 1.82) is 5.26 Å². The Morgan fingerprint density at radius 2 is 1.75 bits per heavy atom. The number of nitriles is 1. The van der Waals surface area contributed by atoms with Crippen LogP contribution < -0.4 is 10.3 Å². The zero-order valence-corrected chi connectivity index (χ0v) is 18.2. The minimum absolute atomic E-state index is 0.0926. The number of aryl methyl sites for hydroxylation is 1. The Morgan fingerprint density at radius 3 is 2.38 bits per heavy atom. The van der Waals surface area contributed by atoms with E-state index in [1.54, 1.807) is 18.1 Å². The summed E-state index contributed by atoms with van der Waals surface area (Å²) in [6.07, 6.45) is 0. The molecule has 1 aliphatic heterocycles. The molecule has 1 fully saturated rings. The molecule has 1 unspecified atom stereocenters.